The molecule has 63 heavy (non-hydrogen) atoms. The molecule has 1 aromatic carbocycles. The highest BCUT2D eigenvalue weighted by molar-refractivity contribution is 5.98. The molecule has 0 radical (unpaired) electrons. The average Bonchev–Trinajstić information content (AvgIpc) is 3.69. The van der Waals surface area contributed by atoms with Crippen molar-refractivity contribution in [3.05, 3.63) is 35.9 Å². The van der Waals surface area contributed by atoms with Gasteiger partial charge in [0.15, 0.2) is 6.04 Å². The van der Waals surface area contributed by atoms with Crippen molar-refractivity contribution in [3.63, 3.8) is 0 Å². The highest BCUT2D eigenvalue weighted by Crippen LogP contribution is 2.37. The molecule has 0 saturated carbocycles. The van der Waals surface area contributed by atoms with Gasteiger partial charge >= 0.3 is 12.1 Å². The Labute approximate surface area is 371 Å². The van der Waals surface area contributed by atoms with E-state index < -0.39 is 131 Å². The topological polar surface area (TPSA) is 211 Å². The summed E-state index contributed by atoms with van der Waals surface area (Å²) in [5.74, 6) is -5.28. The normalized spacial score (nSPS) is 26.3. The van der Waals surface area contributed by atoms with Gasteiger partial charge in [0.1, 0.15) is 54.0 Å². The van der Waals surface area contributed by atoms with E-state index in [0.29, 0.717) is 0 Å². The molecule has 0 spiro atoms. The zero-order valence-electron chi connectivity index (χ0n) is 39.8. The summed E-state index contributed by atoms with van der Waals surface area (Å²) in [4.78, 5) is 103. The Bertz CT molecular complexity index is 1870. The van der Waals surface area contributed by atoms with Gasteiger partial charge in [0.2, 0.25) is 29.5 Å². The second kappa shape index (κ2) is 19.5. The van der Waals surface area contributed by atoms with Crippen LogP contribution in [0.3, 0.4) is 0 Å². The molecule has 0 aromatic heterocycles. The van der Waals surface area contributed by atoms with Crippen molar-refractivity contribution in [1.29, 1.82) is 0 Å². The van der Waals surface area contributed by atoms with Crippen LogP contribution in [0, 0.1) is 17.8 Å². The number of benzene rings is 1. The van der Waals surface area contributed by atoms with Gasteiger partial charge in [-0.05, 0) is 85.6 Å². The number of carbonyl (C=O) groups is 7. The molecule has 3 aliphatic rings. The van der Waals surface area contributed by atoms with Crippen LogP contribution in [0.1, 0.15) is 109 Å². The van der Waals surface area contributed by atoms with Crippen LogP contribution in [0.25, 0.3) is 0 Å². The Morgan fingerprint density at radius 3 is 1.25 bits per heavy atom. The van der Waals surface area contributed by atoms with Crippen LogP contribution in [-0.2, 0) is 59.1 Å². The largest absolute Gasteiger partial charge is 0.467 e. The lowest BCUT2D eigenvalue weighted by molar-refractivity contribution is -0.160. The predicted molar refractivity (Wildman–Crippen MR) is 230 cm³/mol. The van der Waals surface area contributed by atoms with Gasteiger partial charge in [0.25, 0.3) is 0 Å². The van der Waals surface area contributed by atoms with E-state index >= 15 is 0 Å². The number of ether oxygens (including phenoxy) is 5. The molecule has 4 rings (SSSR count). The quantitative estimate of drug-likeness (QED) is 0.230. The summed E-state index contributed by atoms with van der Waals surface area (Å²) in [6, 6.07) is 2.01. The summed E-state index contributed by atoms with van der Waals surface area (Å²) >= 11 is 0. The fourth-order valence-corrected chi connectivity index (χ4v) is 9.01. The molecule has 3 fully saturated rings. The predicted octanol–water partition coefficient (Wildman–Crippen LogP) is 3.45. The van der Waals surface area contributed by atoms with Crippen molar-refractivity contribution >= 4 is 41.6 Å². The van der Waals surface area contributed by atoms with Crippen LogP contribution >= 0.6 is 0 Å². The first-order valence-electron chi connectivity index (χ1n) is 21.8. The Morgan fingerprint density at radius 2 is 0.905 bits per heavy atom. The van der Waals surface area contributed by atoms with E-state index in [0.717, 1.165) is 5.56 Å². The third-order valence-electron chi connectivity index (χ3n) is 11.9. The summed E-state index contributed by atoms with van der Waals surface area (Å²) < 4.78 is 28.8. The van der Waals surface area contributed by atoms with Crippen LogP contribution in [0.2, 0.25) is 0 Å². The molecule has 3 saturated heterocycles. The maximum atomic E-state index is 14.9. The Morgan fingerprint density at radius 1 is 0.571 bits per heavy atom. The van der Waals surface area contributed by atoms with E-state index in [4.69, 9.17) is 23.7 Å². The number of amides is 6. The minimum absolute atomic E-state index is 0.0174. The van der Waals surface area contributed by atoms with Gasteiger partial charge in [-0.3, -0.25) is 38.7 Å². The lowest BCUT2D eigenvalue weighted by Crippen LogP contribution is -2.65. The number of nitrogens with zero attached hydrogens (tertiary/aromatic N) is 3. The Kier molecular flexibility index (Phi) is 15.7. The number of hydrogen-bond donors (Lipinski definition) is 3. The highest BCUT2D eigenvalue weighted by atomic mass is 16.6. The molecule has 18 nitrogen and oxygen atoms in total. The molecular weight excluding hydrogens is 817 g/mol. The van der Waals surface area contributed by atoms with E-state index in [-0.39, 0.29) is 6.61 Å². The summed E-state index contributed by atoms with van der Waals surface area (Å²) in [6.07, 6.45) is -3.21. The molecule has 1 aromatic rings. The third kappa shape index (κ3) is 10.8. The first-order chi connectivity index (χ1) is 29.1. The van der Waals surface area contributed by atoms with Crippen molar-refractivity contribution in [3.8, 4) is 0 Å². The molecule has 3 heterocycles. The van der Waals surface area contributed by atoms with Crippen LogP contribution < -0.4 is 16.0 Å². The van der Waals surface area contributed by atoms with E-state index in [1.165, 1.54) is 21.8 Å². The summed E-state index contributed by atoms with van der Waals surface area (Å²) in [7, 11) is 1.22. The number of rotatable bonds is 14. The van der Waals surface area contributed by atoms with Gasteiger partial charge in [-0.2, -0.15) is 0 Å². The number of esters is 1. The average molecular weight is 887 g/mol. The number of hydrogen-bond acceptors (Lipinski definition) is 12. The number of nitrogens with one attached hydrogen (secondary N) is 3. The van der Waals surface area contributed by atoms with Gasteiger partial charge in [0, 0.05) is 0 Å². The standard InChI is InChI=1S/C45H70N6O12/c1-23(2)30(46-37(53)34-27(8)62-44(12,13)50(34)40(56)32(25(5)6)48-42(58)60-22-29-20-18-17-19-21-29)38(54)49-33(26(7)61-43(49,10)11)36(52)47-31(24(3)4)39(55)51-35(41(57)59-16)28(9)63-45(51,14)15/h17-21,23-28,30-35H,22H2,1-16H3,(H,46,53)(H,47,52)(H,48,58)/t26-,27-,28-,30+,31+,32+,33+,34+,35+/m1/s1. The zero-order chi connectivity index (χ0) is 47.7. The van der Waals surface area contributed by atoms with Crippen LogP contribution in [-0.4, -0.2) is 135 Å². The smallest absolute Gasteiger partial charge is 0.408 e. The van der Waals surface area contributed by atoms with E-state index in [9.17, 15) is 33.6 Å². The maximum Gasteiger partial charge on any atom is 0.408 e. The van der Waals surface area contributed by atoms with Gasteiger partial charge in [0.05, 0.1) is 25.4 Å². The molecule has 0 unspecified atom stereocenters. The molecule has 9 atom stereocenters. The lowest BCUT2D eigenvalue weighted by atomic mass is 9.97. The minimum atomic E-state index is -1.36. The molecule has 0 bridgehead atoms. The third-order valence-corrected chi connectivity index (χ3v) is 11.9. The van der Waals surface area contributed by atoms with Crippen molar-refractivity contribution < 1.29 is 57.2 Å². The van der Waals surface area contributed by atoms with E-state index in [2.05, 4.69) is 16.0 Å². The van der Waals surface area contributed by atoms with Gasteiger partial charge in [-0.1, -0.05) is 71.9 Å². The van der Waals surface area contributed by atoms with Gasteiger partial charge < -0.3 is 39.6 Å². The fourth-order valence-electron chi connectivity index (χ4n) is 9.01. The first kappa shape index (κ1) is 50.8. The molecule has 6 amide bonds. The van der Waals surface area contributed by atoms with Crippen LogP contribution in [0.15, 0.2) is 30.3 Å². The summed E-state index contributed by atoms with van der Waals surface area (Å²) in [5.41, 5.74) is -3.13. The lowest BCUT2D eigenvalue weighted by Gasteiger charge is -2.39. The summed E-state index contributed by atoms with van der Waals surface area (Å²) in [6.45, 7) is 25.2. The van der Waals surface area contributed by atoms with E-state index in [1.54, 1.807) is 116 Å². The molecule has 0 aliphatic carbocycles. The molecule has 352 valence electrons. The van der Waals surface area contributed by atoms with Crippen LogP contribution in [0.5, 0.6) is 0 Å². The molecular formula is C45H70N6O12. The summed E-state index contributed by atoms with van der Waals surface area (Å²) in [5, 5.41) is 8.40. The minimum Gasteiger partial charge on any atom is -0.467 e. The van der Waals surface area contributed by atoms with Gasteiger partial charge in [-0.25, -0.2) is 9.59 Å². The SMILES string of the molecule is COC(=O)[C@@H]1[C@@H](C)OC(C)(C)N1C(=O)[C@@H](NC(=O)[C@@H]1[C@@H](C)OC(C)(C)N1C(=O)[C@@H](NC(=O)[C@@H]1[C@@H](C)OC(C)(C)N1C(=O)[C@@H](NC(=O)OCc1ccccc1)C(C)C)C(C)C)C(C)C. The maximum absolute atomic E-state index is 14.9. The zero-order valence-corrected chi connectivity index (χ0v) is 39.8. The van der Waals surface area contributed by atoms with Crippen molar-refractivity contribution in [1.82, 2.24) is 30.7 Å². The van der Waals surface area contributed by atoms with Crippen molar-refractivity contribution in [2.75, 3.05) is 7.11 Å². The van der Waals surface area contributed by atoms with Gasteiger partial charge in [-0.15, -0.1) is 0 Å². The Hall–Kier alpha value is -4.81. The number of carbonyl (C=O) groups excluding carboxylic acids is 7. The highest BCUT2D eigenvalue weighted by Gasteiger charge is 2.58. The Balaban J connectivity index is 1.60. The van der Waals surface area contributed by atoms with Crippen molar-refractivity contribution in [2.45, 2.75) is 182 Å². The fraction of sp³-hybridized carbons (Fsp3) is 0.711. The van der Waals surface area contributed by atoms with E-state index in [1.807, 2.05) is 18.2 Å². The van der Waals surface area contributed by atoms with Crippen molar-refractivity contribution in [2.24, 2.45) is 17.8 Å². The molecule has 3 N–H and O–H groups in total. The first-order valence-corrected chi connectivity index (χ1v) is 21.8. The van der Waals surface area contributed by atoms with Crippen LogP contribution in [0.4, 0.5) is 4.79 Å². The molecule has 18 heteroatoms. The number of methoxy groups -OCH3 is 1. The number of alkyl carbamates (subject to hydrolysis) is 1. The molecule has 3 aliphatic heterocycles. The second-order valence-electron chi connectivity index (χ2n) is 19.2. The monoisotopic (exact) mass is 887 g/mol. The second-order valence-corrected chi connectivity index (χ2v) is 19.2.